The fourth-order valence-electron chi connectivity index (χ4n) is 2.49. The third kappa shape index (κ3) is 6.45. The molecule has 28 heavy (non-hydrogen) atoms. The van der Waals surface area contributed by atoms with Gasteiger partial charge in [-0.1, -0.05) is 6.07 Å². The molecule has 8 heteroatoms. The Kier molecular flexibility index (Phi) is 7.69. The second kappa shape index (κ2) is 9.98. The van der Waals surface area contributed by atoms with Crippen molar-refractivity contribution in [2.24, 2.45) is 0 Å². The second-order valence-electron chi connectivity index (χ2n) is 6.16. The summed E-state index contributed by atoms with van der Waals surface area (Å²) in [5.41, 5.74) is 0.910. The monoisotopic (exact) mass is 407 g/mol. The topological polar surface area (TPSA) is 90.9 Å². The van der Waals surface area contributed by atoms with E-state index in [0.29, 0.717) is 43.2 Å². The third-order valence-electron chi connectivity index (χ3n) is 4.01. The summed E-state index contributed by atoms with van der Waals surface area (Å²) in [7, 11) is -0.0818. The molecule has 0 bridgehead atoms. The summed E-state index contributed by atoms with van der Waals surface area (Å²) in [6.45, 7) is 0.759. The number of rotatable bonds is 10. The first-order chi connectivity index (χ1) is 13.3. The molecule has 0 aliphatic carbocycles. The predicted octanol–water partition coefficient (Wildman–Crippen LogP) is 2.58. The number of hydrogen-bond acceptors (Lipinski definition) is 6. The average molecular weight is 407 g/mol. The van der Waals surface area contributed by atoms with Gasteiger partial charge in [0.1, 0.15) is 5.75 Å². The van der Waals surface area contributed by atoms with Gasteiger partial charge in [-0.3, -0.25) is 4.79 Å². The highest BCUT2D eigenvalue weighted by atomic mass is 32.2. The summed E-state index contributed by atoms with van der Waals surface area (Å²) >= 11 is 0. The van der Waals surface area contributed by atoms with Crippen LogP contribution in [0.3, 0.4) is 0 Å². The molecule has 2 aromatic carbocycles. The van der Waals surface area contributed by atoms with E-state index in [-0.39, 0.29) is 10.8 Å². The fourth-order valence-corrected chi connectivity index (χ4v) is 3.12. The van der Waals surface area contributed by atoms with Gasteiger partial charge in [0, 0.05) is 19.2 Å². The zero-order valence-electron chi connectivity index (χ0n) is 16.2. The van der Waals surface area contributed by atoms with E-state index in [2.05, 4.69) is 5.32 Å². The van der Waals surface area contributed by atoms with Gasteiger partial charge in [-0.25, -0.2) is 8.42 Å². The highest BCUT2D eigenvalue weighted by Gasteiger charge is 2.08. The molecule has 2 rings (SSSR count). The van der Waals surface area contributed by atoms with Crippen LogP contribution in [0.5, 0.6) is 17.2 Å². The SMILES string of the molecule is COc1ccc(CNC(=O)CCCOc2ccc(S(C)(=O)=O)cc2)cc1OC. The van der Waals surface area contributed by atoms with Crippen LogP contribution in [0.25, 0.3) is 0 Å². The van der Waals surface area contributed by atoms with Crippen molar-refractivity contribution < 1.29 is 27.4 Å². The molecule has 0 aliphatic rings. The number of nitrogens with one attached hydrogen (secondary N) is 1. The van der Waals surface area contributed by atoms with Crippen molar-refractivity contribution in [2.45, 2.75) is 24.3 Å². The Morgan fingerprint density at radius 3 is 2.29 bits per heavy atom. The molecule has 1 N–H and O–H groups in total. The summed E-state index contributed by atoms with van der Waals surface area (Å²) in [6.07, 6.45) is 2.03. The van der Waals surface area contributed by atoms with E-state index >= 15 is 0 Å². The van der Waals surface area contributed by atoms with Crippen LogP contribution in [0.2, 0.25) is 0 Å². The molecule has 2 aromatic rings. The summed E-state index contributed by atoms with van der Waals surface area (Å²) in [6, 6.07) is 11.7. The van der Waals surface area contributed by atoms with E-state index in [1.807, 2.05) is 12.1 Å². The standard InChI is InChI=1S/C20H25NO6S/c1-25-18-11-6-15(13-19(18)26-2)14-21-20(22)5-4-12-27-16-7-9-17(10-8-16)28(3,23)24/h6-11,13H,4-5,12,14H2,1-3H3,(H,21,22). The van der Waals surface area contributed by atoms with Crippen LogP contribution < -0.4 is 19.5 Å². The van der Waals surface area contributed by atoms with Gasteiger partial charge in [-0.15, -0.1) is 0 Å². The Hall–Kier alpha value is -2.74. The van der Waals surface area contributed by atoms with Crippen LogP contribution in [-0.2, 0) is 21.2 Å². The molecule has 0 aliphatic heterocycles. The molecular formula is C20H25NO6S. The summed E-state index contributed by atoms with van der Waals surface area (Å²) in [5, 5.41) is 2.85. The zero-order chi connectivity index (χ0) is 20.6. The molecule has 0 unspecified atom stereocenters. The number of carbonyl (C=O) groups excluding carboxylic acids is 1. The van der Waals surface area contributed by atoms with E-state index in [0.717, 1.165) is 11.8 Å². The lowest BCUT2D eigenvalue weighted by Crippen LogP contribution is -2.23. The Bertz CT molecular complexity index is 893. The normalized spacial score (nSPS) is 11.0. The first-order valence-corrected chi connectivity index (χ1v) is 10.6. The zero-order valence-corrected chi connectivity index (χ0v) is 17.0. The molecule has 7 nitrogen and oxygen atoms in total. The Morgan fingerprint density at radius 1 is 1.00 bits per heavy atom. The van der Waals surface area contributed by atoms with E-state index in [1.165, 1.54) is 12.1 Å². The smallest absolute Gasteiger partial charge is 0.220 e. The Balaban J connectivity index is 1.71. The van der Waals surface area contributed by atoms with Crippen LogP contribution in [0.1, 0.15) is 18.4 Å². The van der Waals surface area contributed by atoms with Crippen LogP contribution in [0.4, 0.5) is 0 Å². The summed E-state index contributed by atoms with van der Waals surface area (Å²) in [5.74, 6) is 1.74. The van der Waals surface area contributed by atoms with Crippen LogP contribution in [-0.4, -0.2) is 41.4 Å². The van der Waals surface area contributed by atoms with Crippen molar-refractivity contribution in [3.8, 4) is 17.2 Å². The van der Waals surface area contributed by atoms with Crippen LogP contribution in [0, 0.1) is 0 Å². The van der Waals surface area contributed by atoms with E-state index in [1.54, 1.807) is 32.4 Å². The fraction of sp³-hybridized carbons (Fsp3) is 0.350. The number of ether oxygens (including phenoxy) is 3. The minimum absolute atomic E-state index is 0.0780. The van der Waals surface area contributed by atoms with E-state index in [4.69, 9.17) is 14.2 Å². The van der Waals surface area contributed by atoms with Gasteiger partial charge in [0.25, 0.3) is 0 Å². The molecule has 0 radical (unpaired) electrons. The molecule has 0 aromatic heterocycles. The quantitative estimate of drug-likeness (QED) is 0.609. The van der Waals surface area contributed by atoms with Crippen molar-refractivity contribution in [3.05, 3.63) is 48.0 Å². The second-order valence-corrected chi connectivity index (χ2v) is 8.18. The highest BCUT2D eigenvalue weighted by molar-refractivity contribution is 7.90. The van der Waals surface area contributed by atoms with Crippen LogP contribution in [0.15, 0.2) is 47.4 Å². The molecule has 0 atom stereocenters. The lowest BCUT2D eigenvalue weighted by Gasteiger charge is -2.10. The van der Waals surface area contributed by atoms with Gasteiger partial charge in [0.15, 0.2) is 21.3 Å². The highest BCUT2D eigenvalue weighted by Crippen LogP contribution is 2.27. The summed E-state index contributed by atoms with van der Waals surface area (Å²) < 4.78 is 38.8. The van der Waals surface area contributed by atoms with E-state index in [9.17, 15) is 13.2 Å². The lowest BCUT2D eigenvalue weighted by molar-refractivity contribution is -0.121. The number of sulfone groups is 1. The first kappa shape index (κ1) is 21.6. The Morgan fingerprint density at radius 2 is 1.68 bits per heavy atom. The molecular weight excluding hydrogens is 382 g/mol. The van der Waals surface area contributed by atoms with Gasteiger partial charge >= 0.3 is 0 Å². The van der Waals surface area contributed by atoms with Gasteiger partial charge in [0.05, 0.1) is 25.7 Å². The maximum absolute atomic E-state index is 12.0. The molecule has 1 amide bonds. The maximum Gasteiger partial charge on any atom is 0.220 e. The van der Waals surface area contributed by atoms with Gasteiger partial charge in [-0.2, -0.15) is 0 Å². The molecule has 0 fully saturated rings. The first-order valence-electron chi connectivity index (χ1n) is 8.74. The number of hydrogen-bond donors (Lipinski definition) is 1. The Labute approximate surface area is 165 Å². The number of benzene rings is 2. The van der Waals surface area contributed by atoms with Gasteiger partial charge in [0.2, 0.25) is 5.91 Å². The van der Waals surface area contributed by atoms with Crippen molar-refractivity contribution >= 4 is 15.7 Å². The number of carbonyl (C=O) groups is 1. The molecule has 0 heterocycles. The van der Waals surface area contributed by atoms with E-state index < -0.39 is 9.84 Å². The van der Waals surface area contributed by atoms with Crippen LogP contribution >= 0.6 is 0 Å². The summed E-state index contributed by atoms with van der Waals surface area (Å²) in [4.78, 5) is 12.2. The predicted molar refractivity (Wildman–Crippen MR) is 106 cm³/mol. The maximum atomic E-state index is 12.0. The van der Waals surface area contributed by atoms with Gasteiger partial charge < -0.3 is 19.5 Å². The number of methoxy groups -OCH3 is 2. The minimum Gasteiger partial charge on any atom is -0.494 e. The third-order valence-corrected chi connectivity index (χ3v) is 5.13. The molecule has 0 saturated carbocycles. The molecule has 0 saturated heterocycles. The number of amides is 1. The van der Waals surface area contributed by atoms with Crippen molar-refractivity contribution in [3.63, 3.8) is 0 Å². The van der Waals surface area contributed by atoms with Crippen molar-refractivity contribution in [2.75, 3.05) is 27.1 Å². The van der Waals surface area contributed by atoms with Gasteiger partial charge in [-0.05, 0) is 48.4 Å². The van der Waals surface area contributed by atoms with Crippen molar-refractivity contribution in [1.82, 2.24) is 5.32 Å². The molecule has 152 valence electrons. The minimum atomic E-state index is -3.22. The lowest BCUT2D eigenvalue weighted by atomic mass is 10.2. The average Bonchev–Trinajstić information content (AvgIpc) is 2.69. The van der Waals surface area contributed by atoms with Crippen molar-refractivity contribution in [1.29, 1.82) is 0 Å². The molecule has 0 spiro atoms. The largest absolute Gasteiger partial charge is 0.494 e.